The van der Waals surface area contributed by atoms with E-state index in [1.807, 2.05) is 18.2 Å². The van der Waals surface area contributed by atoms with Gasteiger partial charge in [0.05, 0.1) is 32.7 Å². The Labute approximate surface area is 159 Å². The highest BCUT2D eigenvalue weighted by atomic mass is 35.5. The summed E-state index contributed by atoms with van der Waals surface area (Å²) < 4.78 is 0. The van der Waals surface area contributed by atoms with Gasteiger partial charge in [0.15, 0.2) is 0 Å². The lowest BCUT2D eigenvalue weighted by Gasteiger charge is -2.34. The molecule has 6 nitrogen and oxygen atoms in total. The number of urea groups is 1. The maximum Gasteiger partial charge on any atom is 0.327 e. The Hall–Kier alpha value is -1.79. The summed E-state index contributed by atoms with van der Waals surface area (Å²) in [7, 11) is 0. The van der Waals surface area contributed by atoms with E-state index in [0.29, 0.717) is 6.54 Å². The predicted molar refractivity (Wildman–Crippen MR) is 101 cm³/mol. The van der Waals surface area contributed by atoms with Gasteiger partial charge in [-0.3, -0.25) is 9.69 Å². The van der Waals surface area contributed by atoms with Gasteiger partial charge < -0.3 is 14.7 Å². The number of imide groups is 1. The number of carbonyl (C=O) groups excluding carboxylic acids is 2. The molecule has 1 aromatic rings. The third-order valence-corrected chi connectivity index (χ3v) is 6.07. The normalized spacial score (nSPS) is 23.9. The van der Waals surface area contributed by atoms with Crippen molar-refractivity contribution in [1.29, 1.82) is 0 Å². The van der Waals surface area contributed by atoms with Crippen molar-refractivity contribution in [2.45, 2.75) is 25.3 Å². The summed E-state index contributed by atoms with van der Waals surface area (Å²) in [5.74, 6) is 0.0216. The molecular weight excluding hydrogens is 352 g/mol. The summed E-state index contributed by atoms with van der Waals surface area (Å²) >= 11 is 6.09. The minimum Gasteiger partial charge on any atom is -0.360 e. The van der Waals surface area contributed by atoms with Crippen molar-refractivity contribution >= 4 is 29.2 Å². The molecule has 3 heterocycles. The molecule has 3 aliphatic rings. The number of rotatable bonds is 5. The second-order valence-electron chi connectivity index (χ2n) is 7.44. The SMILES string of the molecule is O=C1[C@H]2CCCN2C(=O)N1CCC[NH+]1CCN(c2cccc(Cl)c2)CC1. The van der Waals surface area contributed by atoms with Crippen LogP contribution < -0.4 is 9.80 Å². The highest BCUT2D eigenvalue weighted by Crippen LogP contribution is 2.27. The maximum atomic E-state index is 12.3. The van der Waals surface area contributed by atoms with E-state index in [1.54, 1.807) is 9.80 Å². The van der Waals surface area contributed by atoms with Crippen molar-refractivity contribution in [1.82, 2.24) is 9.80 Å². The van der Waals surface area contributed by atoms with E-state index in [0.717, 1.165) is 63.6 Å². The largest absolute Gasteiger partial charge is 0.360 e. The quantitative estimate of drug-likeness (QED) is 0.774. The fourth-order valence-corrected chi connectivity index (χ4v) is 4.56. The Morgan fingerprint density at radius 1 is 1.15 bits per heavy atom. The molecule has 140 valence electrons. The Balaban J connectivity index is 1.22. The van der Waals surface area contributed by atoms with Gasteiger partial charge in [-0.1, -0.05) is 17.7 Å². The summed E-state index contributed by atoms with van der Waals surface area (Å²) in [6.45, 7) is 6.46. The molecule has 3 amide bonds. The third kappa shape index (κ3) is 3.40. The number of piperazine rings is 1. The number of quaternary nitrogens is 1. The number of halogens is 1. The second kappa shape index (κ2) is 7.45. The lowest BCUT2D eigenvalue weighted by atomic mass is 10.2. The number of amides is 3. The van der Waals surface area contributed by atoms with Gasteiger partial charge >= 0.3 is 6.03 Å². The van der Waals surface area contributed by atoms with E-state index >= 15 is 0 Å². The van der Waals surface area contributed by atoms with E-state index < -0.39 is 0 Å². The van der Waals surface area contributed by atoms with E-state index in [2.05, 4.69) is 11.0 Å². The van der Waals surface area contributed by atoms with Gasteiger partial charge in [0, 0.05) is 30.2 Å². The summed E-state index contributed by atoms with van der Waals surface area (Å²) in [4.78, 5) is 31.8. The number of nitrogens with zero attached hydrogens (tertiary/aromatic N) is 3. The van der Waals surface area contributed by atoms with Crippen LogP contribution in [0, 0.1) is 0 Å². The summed E-state index contributed by atoms with van der Waals surface area (Å²) in [6.07, 6.45) is 2.67. The lowest BCUT2D eigenvalue weighted by molar-refractivity contribution is -0.900. The molecule has 1 aromatic carbocycles. The first-order chi connectivity index (χ1) is 12.6. The molecule has 0 aliphatic carbocycles. The molecule has 26 heavy (non-hydrogen) atoms. The van der Waals surface area contributed by atoms with Crippen LogP contribution in [-0.4, -0.2) is 73.6 Å². The van der Waals surface area contributed by atoms with Gasteiger partial charge in [0.2, 0.25) is 0 Å². The highest BCUT2D eigenvalue weighted by molar-refractivity contribution is 6.30. The fourth-order valence-electron chi connectivity index (χ4n) is 4.38. The molecule has 0 aromatic heterocycles. The third-order valence-electron chi connectivity index (χ3n) is 5.84. The summed E-state index contributed by atoms with van der Waals surface area (Å²) in [6, 6.07) is 7.77. The number of hydrogen-bond acceptors (Lipinski definition) is 3. The van der Waals surface area contributed by atoms with Crippen LogP contribution in [0.2, 0.25) is 5.02 Å². The Bertz CT molecular complexity index is 668. The first-order valence-corrected chi connectivity index (χ1v) is 9.97. The number of hydrogen-bond donors (Lipinski definition) is 1. The lowest BCUT2D eigenvalue weighted by Crippen LogP contribution is -3.15. The van der Waals surface area contributed by atoms with Gasteiger partial charge in [0.25, 0.3) is 5.91 Å². The molecule has 3 fully saturated rings. The van der Waals surface area contributed by atoms with Crippen LogP contribution in [0.4, 0.5) is 10.5 Å². The molecule has 0 unspecified atom stereocenters. The van der Waals surface area contributed by atoms with E-state index in [4.69, 9.17) is 11.6 Å². The number of carbonyl (C=O) groups is 2. The van der Waals surface area contributed by atoms with Crippen LogP contribution in [0.5, 0.6) is 0 Å². The number of benzene rings is 1. The molecule has 4 rings (SSSR count). The molecule has 0 spiro atoms. The van der Waals surface area contributed by atoms with Crippen LogP contribution in [-0.2, 0) is 4.79 Å². The van der Waals surface area contributed by atoms with E-state index in [1.165, 1.54) is 10.6 Å². The molecule has 0 bridgehead atoms. The van der Waals surface area contributed by atoms with Gasteiger partial charge in [-0.15, -0.1) is 0 Å². The molecule has 3 aliphatic heterocycles. The average Bonchev–Trinajstić information content (AvgIpc) is 3.22. The second-order valence-corrected chi connectivity index (χ2v) is 7.88. The molecular formula is C19H26ClN4O2+. The number of fused-ring (bicyclic) bond motifs is 1. The van der Waals surface area contributed by atoms with E-state index in [-0.39, 0.29) is 18.0 Å². The van der Waals surface area contributed by atoms with E-state index in [9.17, 15) is 9.59 Å². The van der Waals surface area contributed by atoms with Crippen LogP contribution >= 0.6 is 11.6 Å². The van der Waals surface area contributed by atoms with Crippen molar-refractivity contribution in [3.8, 4) is 0 Å². The molecule has 1 N–H and O–H groups in total. The zero-order valence-corrected chi connectivity index (χ0v) is 15.7. The molecule has 3 saturated heterocycles. The van der Waals surface area contributed by atoms with Crippen molar-refractivity contribution < 1.29 is 14.5 Å². The fraction of sp³-hybridized carbons (Fsp3) is 0.579. The summed E-state index contributed by atoms with van der Waals surface area (Å²) in [5, 5.41) is 0.776. The first kappa shape index (κ1) is 17.6. The Kier molecular flexibility index (Phi) is 5.05. The Morgan fingerprint density at radius 3 is 2.69 bits per heavy atom. The smallest absolute Gasteiger partial charge is 0.327 e. The average molecular weight is 378 g/mol. The summed E-state index contributed by atoms with van der Waals surface area (Å²) in [5.41, 5.74) is 1.19. The molecule has 1 atom stereocenters. The minimum atomic E-state index is -0.170. The van der Waals surface area contributed by atoms with Crippen LogP contribution in [0.1, 0.15) is 19.3 Å². The van der Waals surface area contributed by atoms with Gasteiger partial charge in [0.1, 0.15) is 6.04 Å². The zero-order chi connectivity index (χ0) is 18.1. The molecule has 0 radical (unpaired) electrons. The molecule has 0 saturated carbocycles. The zero-order valence-electron chi connectivity index (χ0n) is 15.0. The minimum absolute atomic E-state index is 0.0216. The number of anilines is 1. The van der Waals surface area contributed by atoms with Crippen LogP contribution in [0.25, 0.3) is 0 Å². The maximum absolute atomic E-state index is 12.3. The Morgan fingerprint density at radius 2 is 1.96 bits per heavy atom. The van der Waals surface area contributed by atoms with Crippen molar-refractivity contribution in [2.24, 2.45) is 0 Å². The van der Waals surface area contributed by atoms with Gasteiger partial charge in [-0.2, -0.15) is 0 Å². The van der Waals surface area contributed by atoms with Crippen LogP contribution in [0.15, 0.2) is 24.3 Å². The highest BCUT2D eigenvalue weighted by Gasteiger charge is 2.46. The van der Waals surface area contributed by atoms with Crippen molar-refractivity contribution in [3.05, 3.63) is 29.3 Å². The van der Waals surface area contributed by atoms with Crippen molar-refractivity contribution in [2.75, 3.05) is 50.7 Å². The van der Waals surface area contributed by atoms with Crippen LogP contribution in [0.3, 0.4) is 0 Å². The number of nitrogens with one attached hydrogen (secondary N) is 1. The monoisotopic (exact) mass is 377 g/mol. The van der Waals surface area contributed by atoms with Gasteiger partial charge in [-0.25, -0.2) is 4.79 Å². The first-order valence-electron chi connectivity index (χ1n) is 9.59. The van der Waals surface area contributed by atoms with Crippen molar-refractivity contribution in [3.63, 3.8) is 0 Å². The standard InChI is InChI=1S/C19H25ClN4O2/c20-15-4-1-5-16(14-15)22-12-10-21(11-13-22)7-3-9-24-18(25)17-6-2-8-23(17)19(24)26/h1,4-5,14,17H,2-3,6-13H2/p+1/t17-/m1/s1. The molecule has 7 heteroatoms. The topological polar surface area (TPSA) is 48.3 Å². The predicted octanol–water partition coefficient (Wildman–Crippen LogP) is 0.862. The van der Waals surface area contributed by atoms with Gasteiger partial charge in [-0.05, 0) is 31.0 Å².